The molecule has 1 nitrogen and oxygen atoms in total. The number of ketones is 1. The van der Waals surface area contributed by atoms with Crippen molar-refractivity contribution in [2.24, 2.45) is 17.8 Å². The Morgan fingerprint density at radius 3 is 2.24 bits per heavy atom. The van der Waals surface area contributed by atoms with Gasteiger partial charge in [-0.05, 0) is 54.2 Å². The van der Waals surface area contributed by atoms with Gasteiger partial charge in [0.2, 0.25) is 0 Å². The lowest BCUT2D eigenvalue weighted by Gasteiger charge is -2.28. The molecule has 0 aromatic heterocycles. The van der Waals surface area contributed by atoms with Gasteiger partial charge in [0.25, 0.3) is 0 Å². The Morgan fingerprint density at radius 2 is 1.59 bits per heavy atom. The fraction of sp³-hybridized carbons (Fsp3) is 0.594. The van der Waals surface area contributed by atoms with Gasteiger partial charge in [-0.3, -0.25) is 4.79 Å². The van der Waals surface area contributed by atoms with Crippen molar-refractivity contribution in [3.05, 3.63) is 59.4 Å². The van der Waals surface area contributed by atoms with E-state index >= 15 is 0 Å². The van der Waals surface area contributed by atoms with Crippen molar-refractivity contribution < 1.29 is 9.18 Å². The van der Waals surface area contributed by atoms with E-state index in [-0.39, 0.29) is 11.6 Å². The first-order valence-corrected chi connectivity index (χ1v) is 13.9. The van der Waals surface area contributed by atoms with Gasteiger partial charge in [0.15, 0.2) is 5.78 Å². The number of Topliss-reactive ketones (excluding diaryl/α,β-unsaturated/α-hetero) is 1. The Balaban J connectivity index is 1.47. The Hall–Kier alpha value is -1.96. The Labute approximate surface area is 207 Å². The number of hydrogen-bond acceptors (Lipinski definition) is 1. The first-order valence-electron chi connectivity index (χ1n) is 13.9. The molecule has 0 radical (unpaired) electrons. The maximum absolute atomic E-state index is 14.8. The van der Waals surface area contributed by atoms with Crippen LogP contribution in [0.25, 0.3) is 11.1 Å². The summed E-state index contributed by atoms with van der Waals surface area (Å²) in [5.41, 5.74) is 3.26. The number of rotatable bonds is 13. The highest BCUT2D eigenvalue weighted by atomic mass is 19.1. The van der Waals surface area contributed by atoms with Crippen molar-refractivity contribution >= 4 is 5.78 Å². The number of carbonyl (C=O) groups is 1. The molecule has 1 fully saturated rings. The van der Waals surface area contributed by atoms with E-state index in [1.807, 2.05) is 36.4 Å². The van der Waals surface area contributed by atoms with Crippen LogP contribution in [-0.4, -0.2) is 5.78 Å². The average molecular weight is 465 g/mol. The normalized spacial score (nSPS) is 19.2. The van der Waals surface area contributed by atoms with Gasteiger partial charge in [0.05, 0.1) is 0 Å². The van der Waals surface area contributed by atoms with Crippen LogP contribution in [0, 0.1) is 23.6 Å². The summed E-state index contributed by atoms with van der Waals surface area (Å²) in [6.07, 6.45) is 15.8. The average Bonchev–Trinajstić information content (AvgIpc) is 2.85. The van der Waals surface area contributed by atoms with Gasteiger partial charge in [0.1, 0.15) is 5.82 Å². The van der Waals surface area contributed by atoms with E-state index in [9.17, 15) is 9.18 Å². The van der Waals surface area contributed by atoms with Gasteiger partial charge in [-0.1, -0.05) is 115 Å². The third-order valence-electron chi connectivity index (χ3n) is 7.99. The van der Waals surface area contributed by atoms with Crippen LogP contribution < -0.4 is 0 Å². The summed E-state index contributed by atoms with van der Waals surface area (Å²) in [6, 6.07) is 13.1. The zero-order valence-corrected chi connectivity index (χ0v) is 21.8. The molecule has 0 N–H and O–H groups in total. The molecule has 186 valence electrons. The van der Waals surface area contributed by atoms with Crippen LogP contribution in [0.1, 0.15) is 114 Å². The van der Waals surface area contributed by atoms with E-state index in [0.717, 1.165) is 35.4 Å². The molecular weight excluding hydrogens is 419 g/mol. The number of benzene rings is 2. The molecular formula is C32H45FO. The highest BCUT2D eigenvalue weighted by molar-refractivity contribution is 5.96. The second kappa shape index (κ2) is 13.8. The van der Waals surface area contributed by atoms with Crippen molar-refractivity contribution in [2.45, 2.75) is 104 Å². The van der Waals surface area contributed by atoms with Gasteiger partial charge < -0.3 is 0 Å². The quantitative estimate of drug-likeness (QED) is 0.213. The summed E-state index contributed by atoms with van der Waals surface area (Å²) in [4.78, 5) is 12.9. The minimum Gasteiger partial charge on any atom is -0.294 e. The van der Waals surface area contributed by atoms with Crippen LogP contribution in [0.4, 0.5) is 4.39 Å². The van der Waals surface area contributed by atoms with Crippen LogP contribution in [0.3, 0.4) is 0 Å². The summed E-state index contributed by atoms with van der Waals surface area (Å²) in [5, 5.41) is 0. The highest BCUT2D eigenvalue weighted by Crippen LogP contribution is 2.34. The van der Waals surface area contributed by atoms with Gasteiger partial charge >= 0.3 is 0 Å². The standard InChI is InChI=1S/C32H45FO/c1-4-6-7-8-9-10-25-11-13-26(14-12-25)23-32(34)29-18-16-28(17-19-29)30-20-15-27(22-31(30)33)21-24(3)5-2/h15-20,22,24-26H,4-14,21,23H2,1-3H3. The van der Waals surface area contributed by atoms with Crippen molar-refractivity contribution in [3.63, 3.8) is 0 Å². The molecule has 0 spiro atoms. The molecule has 1 unspecified atom stereocenters. The SMILES string of the molecule is CCCCCCCC1CCC(CC(=O)c2ccc(-c3ccc(CC(C)CC)cc3F)cc2)CC1. The van der Waals surface area contributed by atoms with E-state index in [4.69, 9.17) is 0 Å². The molecule has 1 saturated carbocycles. The molecule has 0 heterocycles. The zero-order chi connectivity index (χ0) is 24.3. The second-order valence-corrected chi connectivity index (χ2v) is 10.8. The van der Waals surface area contributed by atoms with E-state index in [1.165, 1.54) is 64.2 Å². The predicted molar refractivity (Wildman–Crippen MR) is 143 cm³/mol. The molecule has 1 atom stereocenters. The monoisotopic (exact) mass is 464 g/mol. The van der Waals surface area contributed by atoms with E-state index < -0.39 is 0 Å². The molecule has 1 aliphatic carbocycles. The zero-order valence-electron chi connectivity index (χ0n) is 21.8. The van der Waals surface area contributed by atoms with Gasteiger partial charge in [-0.15, -0.1) is 0 Å². The summed E-state index contributed by atoms with van der Waals surface area (Å²) in [6.45, 7) is 6.63. The predicted octanol–water partition coefficient (Wildman–Crippen LogP) is 9.82. The molecule has 0 amide bonds. The lowest BCUT2D eigenvalue weighted by atomic mass is 9.77. The molecule has 2 heteroatoms. The fourth-order valence-electron chi connectivity index (χ4n) is 5.44. The lowest BCUT2D eigenvalue weighted by Crippen LogP contribution is -2.17. The summed E-state index contributed by atoms with van der Waals surface area (Å²) in [7, 11) is 0. The van der Waals surface area contributed by atoms with E-state index in [0.29, 0.717) is 23.8 Å². The largest absolute Gasteiger partial charge is 0.294 e. The van der Waals surface area contributed by atoms with Crippen LogP contribution in [0.5, 0.6) is 0 Å². The second-order valence-electron chi connectivity index (χ2n) is 10.8. The number of halogens is 1. The van der Waals surface area contributed by atoms with Crippen LogP contribution in [-0.2, 0) is 6.42 Å². The molecule has 1 aliphatic rings. The Kier molecular flexibility index (Phi) is 10.8. The van der Waals surface area contributed by atoms with Crippen molar-refractivity contribution in [3.8, 4) is 11.1 Å². The topological polar surface area (TPSA) is 17.1 Å². The summed E-state index contributed by atoms with van der Waals surface area (Å²) >= 11 is 0. The highest BCUT2D eigenvalue weighted by Gasteiger charge is 2.23. The van der Waals surface area contributed by atoms with Crippen molar-refractivity contribution in [1.29, 1.82) is 0 Å². The molecule has 2 aromatic carbocycles. The van der Waals surface area contributed by atoms with Gasteiger partial charge in [0, 0.05) is 17.5 Å². The van der Waals surface area contributed by atoms with Crippen LogP contribution in [0.15, 0.2) is 42.5 Å². The summed E-state index contributed by atoms with van der Waals surface area (Å²) in [5.74, 6) is 2.01. The lowest BCUT2D eigenvalue weighted by molar-refractivity contribution is 0.0941. The molecule has 2 aromatic rings. The maximum atomic E-state index is 14.8. The number of unbranched alkanes of at least 4 members (excludes halogenated alkanes) is 4. The number of carbonyl (C=O) groups excluding carboxylic acids is 1. The molecule has 0 aliphatic heterocycles. The van der Waals surface area contributed by atoms with E-state index in [1.54, 1.807) is 6.07 Å². The van der Waals surface area contributed by atoms with E-state index in [2.05, 4.69) is 20.8 Å². The Bertz CT molecular complexity index is 876. The maximum Gasteiger partial charge on any atom is 0.163 e. The van der Waals surface area contributed by atoms with Crippen molar-refractivity contribution in [2.75, 3.05) is 0 Å². The molecule has 0 saturated heterocycles. The van der Waals surface area contributed by atoms with Crippen LogP contribution >= 0.6 is 0 Å². The number of hydrogen-bond donors (Lipinski definition) is 0. The van der Waals surface area contributed by atoms with Crippen molar-refractivity contribution in [1.82, 2.24) is 0 Å². The minimum absolute atomic E-state index is 0.179. The molecule has 3 rings (SSSR count). The minimum atomic E-state index is -0.179. The third kappa shape index (κ3) is 8.07. The smallest absolute Gasteiger partial charge is 0.163 e. The first-order chi connectivity index (χ1) is 16.5. The molecule has 0 bridgehead atoms. The summed E-state index contributed by atoms with van der Waals surface area (Å²) < 4.78 is 14.8. The fourth-order valence-corrected chi connectivity index (χ4v) is 5.44. The Morgan fingerprint density at radius 1 is 0.912 bits per heavy atom. The van der Waals surface area contributed by atoms with Crippen LogP contribution in [0.2, 0.25) is 0 Å². The molecule has 34 heavy (non-hydrogen) atoms. The van der Waals surface area contributed by atoms with Gasteiger partial charge in [-0.25, -0.2) is 4.39 Å². The third-order valence-corrected chi connectivity index (χ3v) is 7.99. The van der Waals surface area contributed by atoms with Gasteiger partial charge in [-0.2, -0.15) is 0 Å². The first kappa shape index (κ1) is 26.6.